The molecule has 0 radical (unpaired) electrons. The van der Waals surface area contributed by atoms with Gasteiger partial charge in [0.05, 0.1) is 0 Å². The molecule has 2 heteroatoms. The molecular formula is C43H31NS. The Morgan fingerprint density at radius 1 is 0.333 bits per heavy atom. The second kappa shape index (κ2) is 12.0. The lowest BCUT2D eigenvalue weighted by Gasteiger charge is -2.26. The van der Waals surface area contributed by atoms with E-state index in [4.69, 9.17) is 0 Å². The van der Waals surface area contributed by atoms with Crippen molar-refractivity contribution >= 4 is 28.8 Å². The Hall–Kier alpha value is -5.31. The highest BCUT2D eigenvalue weighted by Gasteiger charge is 2.20. The van der Waals surface area contributed by atoms with E-state index in [2.05, 4.69) is 181 Å². The molecular weight excluding hydrogens is 563 g/mol. The van der Waals surface area contributed by atoms with Crippen LogP contribution in [0.1, 0.15) is 5.56 Å². The molecule has 8 rings (SSSR count). The number of nitrogens with zero attached hydrogens (tertiary/aromatic N) is 1. The molecule has 1 nitrogen and oxygen atoms in total. The summed E-state index contributed by atoms with van der Waals surface area (Å²) in [5, 5.41) is 0. The largest absolute Gasteiger partial charge is 0.311 e. The van der Waals surface area contributed by atoms with Gasteiger partial charge in [-0.2, -0.15) is 0 Å². The van der Waals surface area contributed by atoms with Crippen molar-refractivity contribution in [1.29, 1.82) is 0 Å². The monoisotopic (exact) mass is 593 g/mol. The molecule has 0 saturated heterocycles. The molecule has 7 aromatic carbocycles. The Balaban J connectivity index is 1.17. The van der Waals surface area contributed by atoms with E-state index in [0.717, 1.165) is 22.8 Å². The van der Waals surface area contributed by atoms with Crippen LogP contribution in [0, 0.1) is 0 Å². The zero-order valence-electron chi connectivity index (χ0n) is 24.8. The summed E-state index contributed by atoms with van der Waals surface area (Å²) in [4.78, 5) is 3.71. The minimum absolute atomic E-state index is 0.984. The number of hydrogen-bond donors (Lipinski definition) is 0. The molecule has 0 aromatic heterocycles. The third kappa shape index (κ3) is 5.35. The van der Waals surface area contributed by atoms with Crippen molar-refractivity contribution in [2.24, 2.45) is 0 Å². The molecule has 0 spiro atoms. The number of anilines is 3. The molecule has 0 atom stereocenters. The van der Waals surface area contributed by atoms with E-state index >= 15 is 0 Å². The van der Waals surface area contributed by atoms with E-state index in [9.17, 15) is 0 Å². The Morgan fingerprint density at radius 2 is 0.756 bits per heavy atom. The van der Waals surface area contributed by atoms with Crippen LogP contribution in [0.15, 0.2) is 181 Å². The Bertz CT molecular complexity index is 1980. The second-order valence-electron chi connectivity index (χ2n) is 11.3. The normalized spacial score (nSPS) is 11.8. The predicted molar refractivity (Wildman–Crippen MR) is 192 cm³/mol. The fourth-order valence-electron chi connectivity index (χ4n) is 6.33. The molecule has 1 heterocycles. The molecule has 1 aliphatic rings. The minimum atomic E-state index is 0.984. The molecule has 0 amide bonds. The van der Waals surface area contributed by atoms with Crippen LogP contribution < -0.4 is 4.90 Å². The quantitative estimate of drug-likeness (QED) is 0.189. The van der Waals surface area contributed by atoms with Gasteiger partial charge in [-0.1, -0.05) is 133 Å². The first-order valence-corrected chi connectivity index (χ1v) is 16.4. The fourth-order valence-corrected chi connectivity index (χ4v) is 7.45. The summed E-state index contributed by atoms with van der Waals surface area (Å²) in [6.45, 7) is 0. The third-order valence-electron chi connectivity index (χ3n) is 8.63. The minimum Gasteiger partial charge on any atom is -0.311 e. The van der Waals surface area contributed by atoms with Gasteiger partial charge in [0.15, 0.2) is 0 Å². The van der Waals surface area contributed by atoms with E-state index < -0.39 is 0 Å². The standard InChI is InChI=1S/C43H31NS/c1-3-10-31(11-4-1)33-18-24-36(25-19-33)44(37-26-20-34(21-27-37)32-12-5-2-6-13-32)38-28-22-35(23-29-38)39-15-9-16-40-41-14-7-8-17-43(41)45-30-42(39)40/h1-29H,30H2. The lowest BCUT2D eigenvalue weighted by atomic mass is 9.92. The Morgan fingerprint density at radius 3 is 1.31 bits per heavy atom. The van der Waals surface area contributed by atoms with Crippen molar-refractivity contribution in [3.8, 4) is 44.5 Å². The fraction of sp³-hybridized carbons (Fsp3) is 0.0233. The average molecular weight is 594 g/mol. The van der Waals surface area contributed by atoms with Crippen LogP contribution in [0.5, 0.6) is 0 Å². The van der Waals surface area contributed by atoms with Crippen molar-refractivity contribution in [3.05, 3.63) is 181 Å². The van der Waals surface area contributed by atoms with Crippen LogP contribution in [0.2, 0.25) is 0 Å². The molecule has 45 heavy (non-hydrogen) atoms. The highest BCUT2D eigenvalue weighted by atomic mass is 32.2. The summed E-state index contributed by atoms with van der Waals surface area (Å²) in [6.07, 6.45) is 0. The number of thioether (sulfide) groups is 1. The SMILES string of the molecule is c1ccc(-c2ccc(N(c3ccc(-c4ccccc4)cc3)c3ccc(-c4cccc5c4CSc4ccccc4-5)cc3)cc2)cc1. The summed E-state index contributed by atoms with van der Waals surface area (Å²) in [5.74, 6) is 0.984. The van der Waals surface area contributed by atoms with E-state index in [1.165, 1.54) is 55.0 Å². The highest BCUT2D eigenvalue weighted by molar-refractivity contribution is 7.98. The second-order valence-corrected chi connectivity index (χ2v) is 12.3. The molecule has 0 aliphatic carbocycles. The van der Waals surface area contributed by atoms with Crippen molar-refractivity contribution < 1.29 is 0 Å². The molecule has 0 unspecified atom stereocenters. The van der Waals surface area contributed by atoms with Crippen LogP contribution in [0.25, 0.3) is 44.5 Å². The Labute approximate surface area is 269 Å². The summed E-state index contributed by atoms with van der Waals surface area (Å²) in [7, 11) is 0. The topological polar surface area (TPSA) is 3.24 Å². The van der Waals surface area contributed by atoms with Crippen molar-refractivity contribution in [1.82, 2.24) is 0 Å². The van der Waals surface area contributed by atoms with Gasteiger partial charge < -0.3 is 4.90 Å². The van der Waals surface area contributed by atoms with Crippen molar-refractivity contribution in [2.45, 2.75) is 10.6 Å². The zero-order valence-corrected chi connectivity index (χ0v) is 25.6. The van der Waals surface area contributed by atoms with E-state index in [1.54, 1.807) is 0 Å². The summed E-state index contributed by atoms with van der Waals surface area (Å²) in [5.41, 5.74) is 14.9. The summed E-state index contributed by atoms with van der Waals surface area (Å²) in [6, 6.07) is 63.5. The number of fused-ring (bicyclic) bond motifs is 3. The molecule has 0 N–H and O–H groups in total. The first kappa shape index (κ1) is 27.3. The van der Waals surface area contributed by atoms with Gasteiger partial charge >= 0.3 is 0 Å². The zero-order chi connectivity index (χ0) is 30.0. The first-order valence-electron chi connectivity index (χ1n) is 15.4. The van der Waals surface area contributed by atoms with Crippen LogP contribution in [0.4, 0.5) is 17.1 Å². The van der Waals surface area contributed by atoms with Crippen molar-refractivity contribution in [2.75, 3.05) is 4.90 Å². The van der Waals surface area contributed by atoms with Gasteiger partial charge in [-0.25, -0.2) is 0 Å². The van der Waals surface area contributed by atoms with Crippen LogP contribution >= 0.6 is 11.8 Å². The van der Waals surface area contributed by atoms with Gasteiger partial charge in [-0.3, -0.25) is 0 Å². The summed E-state index contributed by atoms with van der Waals surface area (Å²) >= 11 is 1.93. The van der Waals surface area contributed by atoms with Gasteiger partial charge in [0.1, 0.15) is 0 Å². The molecule has 0 bridgehead atoms. The number of rotatable bonds is 6. The first-order chi connectivity index (χ1) is 22.3. The third-order valence-corrected chi connectivity index (χ3v) is 9.73. The van der Waals surface area contributed by atoms with Crippen LogP contribution in [-0.2, 0) is 5.75 Å². The van der Waals surface area contributed by atoms with Gasteiger partial charge in [0.2, 0.25) is 0 Å². The predicted octanol–water partition coefficient (Wildman–Crippen LogP) is 12.4. The summed E-state index contributed by atoms with van der Waals surface area (Å²) < 4.78 is 0. The molecule has 0 saturated carbocycles. The number of hydrogen-bond acceptors (Lipinski definition) is 2. The van der Waals surface area contributed by atoms with Gasteiger partial charge in [-0.15, -0.1) is 11.8 Å². The lowest BCUT2D eigenvalue weighted by Crippen LogP contribution is -2.09. The highest BCUT2D eigenvalue weighted by Crippen LogP contribution is 2.45. The maximum Gasteiger partial charge on any atom is 0.0462 e. The molecule has 7 aromatic rings. The van der Waals surface area contributed by atoms with Crippen molar-refractivity contribution in [3.63, 3.8) is 0 Å². The van der Waals surface area contributed by atoms with Gasteiger partial charge in [0.25, 0.3) is 0 Å². The smallest absolute Gasteiger partial charge is 0.0462 e. The molecule has 0 fully saturated rings. The van der Waals surface area contributed by atoms with Gasteiger partial charge in [0, 0.05) is 27.7 Å². The van der Waals surface area contributed by atoms with E-state index in [-0.39, 0.29) is 0 Å². The lowest BCUT2D eigenvalue weighted by molar-refractivity contribution is 1.28. The van der Waals surface area contributed by atoms with Crippen LogP contribution in [0.3, 0.4) is 0 Å². The maximum absolute atomic E-state index is 2.35. The van der Waals surface area contributed by atoms with E-state index in [1.807, 2.05) is 11.8 Å². The van der Waals surface area contributed by atoms with Gasteiger partial charge in [-0.05, 0) is 92.5 Å². The maximum atomic E-state index is 2.35. The molecule has 214 valence electrons. The average Bonchev–Trinajstić information content (AvgIpc) is 3.13. The van der Waals surface area contributed by atoms with Crippen LogP contribution in [-0.4, -0.2) is 0 Å². The van der Waals surface area contributed by atoms with E-state index in [0.29, 0.717) is 0 Å². The number of benzene rings is 7. The molecule has 1 aliphatic heterocycles. The Kier molecular flexibility index (Phi) is 7.26.